The summed E-state index contributed by atoms with van der Waals surface area (Å²) in [6.07, 6.45) is 6.52. The molecular formula is C23H39FN6O2. The molecule has 32 heavy (non-hydrogen) atoms. The van der Waals surface area contributed by atoms with E-state index in [1.165, 1.54) is 0 Å². The van der Waals surface area contributed by atoms with E-state index in [1.807, 2.05) is 0 Å². The fourth-order valence-corrected chi connectivity index (χ4v) is 6.57. The summed E-state index contributed by atoms with van der Waals surface area (Å²) in [5, 5.41) is 14.1. The third kappa shape index (κ3) is 5.25. The van der Waals surface area contributed by atoms with Crippen LogP contribution in [0, 0.1) is 29.1 Å². The smallest absolute Gasteiger partial charge is 0.237 e. The van der Waals surface area contributed by atoms with Gasteiger partial charge in [-0.25, -0.2) is 4.39 Å². The number of alkyl halides is 1. The van der Waals surface area contributed by atoms with Gasteiger partial charge in [-0.2, -0.15) is 0 Å². The second kappa shape index (κ2) is 10.0. The van der Waals surface area contributed by atoms with Gasteiger partial charge < -0.3 is 22.1 Å². The minimum absolute atomic E-state index is 0.00509. The Kier molecular flexibility index (Phi) is 7.34. The van der Waals surface area contributed by atoms with E-state index in [1.54, 1.807) is 0 Å². The molecule has 2 saturated heterocycles. The first-order valence-corrected chi connectivity index (χ1v) is 12.4. The molecule has 7 N–H and O–H groups in total. The average molecular weight is 451 g/mol. The molecule has 6 atom stereocenters. The summed E-state index contributed by atoms with van der Waals surface area (Å²) in [6, 6.07) is -0.142. The SMILES string of the molecule is N=C(N)C1CCC2CC(C(=O)NC3CNCC(F)C3)N(CC3CCC(C(N)=O)CC3)C2C1. The van der Waals surface area contributed by atoms with Crippen LogP contribution in [0.25, 0.3) is 0 Å². The monoisotopic (exact) mass is 450 g/mol. The highest BCUT2D eigenvalue weighted by atomic mass is 19.1. The summed E-state index contributed by atoms with van der Waals surface area (Å²) >= 11 is 0. The largest absolute Gasteiger partial charge is 0.387 e. The third-order valence-corrected chi connectivity index (χ3v) is 8.41. The number of nitrogens with one attached hydrogen (secondary N) is 3. The van der Waals surface area contributed by atoms with Gasteiger partial charge in [-0.3, -0.25) is 19.9 Å². The van der Waals surface area contributed by atoms with E-state index in [4.69, 9.17) is 16.9 Å². The second-order valence-electron chi connectivity index (χ2n) is 10.6. The van der Waals surface area contributed by atoms with Crippen molar-refractivity contribution < 1.29 is 14.0 Å². The van der Waals surface area contributed by atoms with E-state index in [9.17, 15) is 14.0 Å². The number of fused-ring (bicyclic) bond motifs is 1. The molecule has 2 heterocycles. The van der Waals surface area contributed by atoms with Crippen LogP contribution in [0.4, 0.5) is 4.39 Å². The summed E-state index contributed by atoms with van der Waals surface area (Å²) < 4.78 is 13.8. The number of nitrogens with zero attached hydrogens (tertiary/aromatic N) is 1. The molecule has 9 heteroatoms. The summed E-state index contributed by atoms with van der Waals surface area (Å²) in [4.78, 5) is 27.3. The Hall–Kier alpha value is -1.74. The summed E-state index contributed by atoms with van der Waals surface area (Å²) in [5.74, 6) is 0.976. The third-order valence-electron chi connectivity index (χ3n) is 8.41. The number of hydrogen-bond acceptors (Lipinski definition) is 5. The van der Waals surface area contributed by atoms with Gasteiger partial charge in [0.2, 0.25) is 11.8 Å². The van der Waals surface area contributed by atoms with E-state index in [2.05, 4.69) is 15.5 Å². The quantitative estimate of drug-likeness (QED) is 0.302. The Morgan fingerprint density at radius 2 is 1.72 bits per heavy atom. The lowest BCUT2D eigenvalue weighted by atomic mass is 9.77. The van der Waals surface area contributed by atoms with Gasteiger partial charge in [0.15, 0.2) is 0 Å². The van der Waals surface area contributed by atoms with E-state index in [0.717, 1.165) is 57.9 Å². The van der Waals surface area contributed by atoms with E-state index in [-0.39, 0.29) is 47.6 Å². The molecule has 2 aliphatic carbocycles. The van der Waals surface area contributed by atoms with Crippen LogP contribution in [0.3, 0.4) is 0 Å². The van der Waals surface area contributed by atoms with Crippen molar-refractivity contribution >= 4 is 17.6 Å². The van der Waals surface area contributed by atoms with Crippen LogP contribution in [0.2, 0.25) is 0 Å². The molecule has 0 aromatic carbocycles. The highest BCUT2D eigenvalue weighted by molar-refractivity contribution is 5.83. The molecule has 4 rings (SSSR count). The van der Waals surface area contributed by atoms with Crippen molar-refractivity contribution in [3.63, 3.8) is 0 Å². The van der Waals surface area contributed by atoms with Crippen LogP contribution < -0.4 is 22.1 Å². The standard InChI is InChI=1S/C23H39FN6O2/c24-17-9-18(11-28-10-17)29-23(32)20-7-15-5-6-16(21(25)26)8-19(15)30(20)12-13-1-3-14(4-2-13)22(27)31/h13-20,28H,1-12H2,(H3,25,26)(H2,27,31)(H,29,32). The number of piperidine rings is 1. The molecule has 0 aromatic rings. The lowest BCUT2D eigenvalue weighted by Gasteiger charge is -2.40. The maximum atomic E-state index is 13.8. The molecule has 4 aliphatic rings. The first-order valence-electron chi connectivity index (χ1n) is 12.4. The number of primary amides is 1. The van der Waals surface area contributed by atoms with Crippen molar-refractivity contribution in [2.75, 3.05) is 19.6 Å². The van der Waals surface area contributed by atoms with Crippen molar-refractivity contribution in [1.29, 1.82) is 5.41 Å². The number of hydrogen-bond donors (Lipinski definition) is 5. The average Bonchev–Trinajstić information content (AvgIpc) is 3.12. The molecule has 0 spiro atoms. The summed E-state index contributed by atoms with van der Waals surface area (Å²) in [5.41, 5.74) is 11.4. The molecular weight excluding hydrogens is 411 g/mol. The van der Waals surface area contributed by atoms with Crippen LogP contribution in [-0.4, -0.2) is 66.5 Å². The van der Waals surface area contributed by atoms with Crippen LogP contribution in [-0.2, 0) is 9.59 Å². The maximum Gasteiger partial charge on any atom is 0.237 e. The second-order valence-corrected chi connectivity index (χ2v) is 10.6. The number of likely N-dealkylation sites (tertiary alicyclic amines) is 1. The molecule has 180 valence electrons. The fourth-order valence-electron chi connectivity index (χ4n) is 6.57. The number of amides is 2. The molecule has 6 unspecified atom stereocenters. The maximum absolute atomic E-state index is 13.8. The highest BCUT2D eigenvalue weighted by Gasteiger charge is 2.48. The summed E-state index contributed by atoms with van der Waals surface area (Å²) in [6.45, 7) is 1.78. The van der Waals surface area contributed by atoms with Gasteiger partial charge in [0.25, 0.3) is 0 Å². The number of halogens is 1. The van der Waals surface area contributed by atoms with Gasteiger partial charge in [-0.15, -0.1) is 0 Å². The molecule has 2 amide bonds. The fraction of sp³-hybridized carbons (Fsp3) is 0.870. The molecule has 2 aliphatic heterocycles. The normalized spacial score (nSPS) is 40.4. The molecule has 0 bridgehead atoms. The molecule has 4 fully saturated rings. The van der Waals surface area contributed by atoms with Crippen molar-refractivity contribution in [3.05, 3.63) is 0 Å². The minimum Gasteiger partial charge on any atom is -0.387 e. The molecule has 2 saturated carbocycles. The number of nitrogens with two attached hydrogens (primary N) is 2. The zero-order chi connectivity index (χ0) is 22.8. The van der Waals surface area contributed by atoms with Gasteiger partial charge in [-0.1, -0.05) is 0 Å². The predicted octanol–water partition coefficient (Wildman–Crippen LogP) is 0.889. The van der Waals surface area contributed by atoms with Gasteiger partial charge in [-0.05, 0) is 63.2 Å². The first-order chi connectivity index (χ1) is 15.3. The predicted molar refractivity (Wildman–Crippen MR) is 121 cm³/mol. The zero-order valence-electron chi connectivity index (χ0n) is 18.9. The van der Waals surface area contributed by atoms with Gasteiger partial charge in [0, 0.05) is 50.0 Å². The van der Waals surface area contributed by atoms with Crippen LogP contribution >= 0.6 is 0 Å². The Balaban J connectivity index is 1.44. The van der Waals surface area contributed by atoms with Crippen molar-refractivity contribution in [3.8, 4) is 0 Å². The molecule has 0 aromatic heterocycles. The van der Waals surface area contributed by atoms with Crippen LogP contribution in [0.5, 0.6) is 0 Å². The Bertz CT molecular complexity index is 713. The van der Waals surface area contributed by atoms with E-state index >= 15 is 0 Å². The van der Waals surface area contributed by atoms with Crippen molar-refractivity contribution in [1.82, 2.24) is 15.5 Å². The first kappa shape index (κ1) is 23.4. The topological polar surface area (TPSA) is 137 Å². The minimum atomic E-state index is -0.923. The number of carbonyl (C=O) groups excluding carboxylic acids is 2. The Labute approximate surface area is 189 Å². The number of carbonyl (C=O) groups is 2. The van der Waals surface area contributed by atoms with Crippen molar-refractivity contribution in [2.45, 2.75) is 82.1 Å². The van der Waals surface area contributed by atoms with E-state index < -0.39 is 6.17 Å². The lowest BCUT2D eigenvalue weighted by molar-refractivity contribution is -0.127. The van der Waals surface area contributed by atoms with Crippen molar-refractivity contribution in [2.24, 2.45) is 35.1 Å². The molecule has 0 radical (unpaired) electrons. The van der Waals surface area contributed by atoms with Crippen LogP contribution in [0.15, 0.2) is 0 Å². The summed E-state index contributed by atoms with van der Waals surface area (Å²) in [7, 11) is 0. The van der Waals surface area contributed by atoms with Gasteiger partial charge in [0.1, 0.15) is 6.17 Å². The zero-order valence-corrected chi connectivity index (χ0v) is 18.9. The van der Waals surface area contributed by atoms with Gasteiger partial charge in [0.05, 0.1) is 11.9 Å². The number of rotatable bonds is 6. The number of amidine groups is 1. The van der Waals surface area contributed by atoms with Crippen LogP contribution in [0.1, 0.15) is 57.8 Å². The Morgan fingerprint density at radius 1 is 1.00 bits per heavy atom. The van der Waals surface area contributed by atoms with E-state index in [0.29, 0.717) is 31.3 Å². The Morgan fingerprint density at radius 3 is 2.38 bits per heavy atom. The molecule has 8 nitrogen and oxygen atoms in total. The van der Waals surface area contributed by atoms with Gasteiger partial charge >= 0.3 is 0 Å². The lowest BCUT2D eigenvalue weighted by Crippen LogP contribution is -2.55. The highest BCUT2D eigenvalue weighted by Crippen LogP contribution is 2.43.